The van der Waals surface area contributed by atoms with Crippen LogP contribution in [0.4, 0.5) is 4.39 Å². The van der Waals surface area contributed by atoms with Crippen molar-refractivity contribution in [2.75, 3.05) is 13.1 Å². The van der Waals surface area contributed by atoms with E-state index < -0.39 is 0 Å². The number of nitrogens with zero attached hydrogens (tertiary/aromatic N) is 1. The molecule has 0 N–H and O–H groups in total. The number of carbonyl (C=O) groups excluding carboxylic acids is 1. The van der Waals surface area contributed by atoms with Crippen LogP contribution in [0.25, 0.3) is 0 Å². The first kappa shape index (κ1) is 14.0. The molecule has 0 unspecified atom stereocenters. The summed E-state index contributed by atoms with van der Waals surface area (Å²) in [6.07, 6.45) is 4.67. The maximum atomic E-state index is 13.2. The van der Waals surface area contributed by atoms with Crippen molar-refractivity contribution in [1.29, 1.82) is 0 Å². The molecule has 0 bridgehead atoms. The third kappa shape index (κ3) is 3.34. The van der Waals surface area contributed by atoms with Crippen molar-refractivity contribution in [1.82, 2.24) is 4.90 Å². The third-order valence-corrected chi connectivity index (χ3v) is 4.00. The van der Waals surface area contributed by atoms with Crippen LogP contribution in [0.1, 0.15) is 48.5 Å². The molecule has 2 nitrogen and oxygen atoms in total. The van der Waals surface area contributed by atoms with Crippen molar-refractivity contribution < 1.29 is 9.18 Å². The van der Waals surface area contributed by atoms with Crippen molar-refractivity contribution in [3.8, 4) is 0 Å². The zero-order chi connectivity index (χ0) is 13.8. The lowest BCUT2D eigenvalue weighted by Crippen LogP contribution is -2.38. The van der Waals surface area contributed by atoms with Crippen molar-refractivity contribution in [2.45, 2.75) is 39.5 Å². The standard InChI is InChI=1S/C16H22FNO/c1-3-4-13-7-9-18(10-8-13)16(19)14-5-6-15(17)12(2)11-14/h5-6,11,13H,3-4,7-10H2,1-2H3. The number of piperidine rings is 1. The van der Waals surface area contributed by atoms with Gasteiger partial charge in [-0.3, -0.25) is 4.79 Å². The average molecular weight is 263 g/mol. The molecule has 0 aromatic heterocycles. The summed E-state index contributed by atoms with van der Waals surface area (Å²) < 4.78 is 13.2. The summed E-state index contributed by atoms with van der Waals surface area (Å²) in [6, 6.07) is 4.62. The van der Waals surface area contributed by atoms with Gasteiger partial charge in [0, 0.05) is 18.7 Å². The minimum absolute atomic E-state index is 0.0399. The highest BCUT2D eigenvalue weighted by Gasteiger charge is 2.23. The van der Waals surface area contributed by atoms with E-state index in [9.17, 15) is 9.18 Å². The normalized spacial score (nSPS) is 16.7. The van der Waals surface area contributed by atoms with Gasteiger partial charge < -0.3 is 4.90 Å². The Hall–Kier alpha value is -1.38. The molecule has 0 saturated carbocycles. The largest absolute Gasteiger partial charge is 0.339 e. The van der Waals surface area contributed by atoms with Crippen LogP contribution >= 0.6 is 0 Å². The van der Waals surface area contributed by atoms with E-state index in [1.54, 1.807) is 19.1 Å². The number of hydrogen-bond acceptors (Lipinski definition) is 1. The van der Waals surface area contributed by atoms with Crippen LogP contribution in [0, 0.1) is 18.7 Å². The summed E-state index contributed by atoms with van der Waals surface area (Å²) in [4.78, 5) is 14.2. The van der Waals surface area contributed by atoms with E-state index in [2.05, 4.69) is 6.92 Å². The molecule has 1 aromatic rings. The fraction of sp³-hybridized carbons (Fsp3) is 0.562. The van der Waals surface area contributed by atoms with Crippen LogP contribution < -0.4 is 0 Å². The maximum Gasteiger partial charge on any atom is 0.253 e. The lowest BCUT2D eigenvalue weighted by Gasteiger charge is -2.32. The summed E-state index contributed by atoms with van der Waals surface area (Å²) in [5, 5.41) is 0. The number of amides is 1. The number of benzene rings is 1. The Bertz CT molecular complexity index is 450. The summed E-state index contributed by atoms with van der Waals surface area (Å²) in [7, 11) is 0. The molecule has 1 amide bonds. The van der Waals surface area contributed by atoms with Gasteiger partial charge in [0.1, 0.15) is 5.82 Å². The fourth-order valence-electron chi connectivity index (χ4n) is 2.79. The molecule has 0 aliphatic carbocycles. The molecule has 19 heavy (non-hydrogen) atoms. The molecule has 1 fully saturated rings. The monoisotopic (exact) mass is 263 g/mol. The first-order valence-corrected chi connectivity index (χ1v) is 7.17. The molecule has 104 valence electrons. The Kier molecular flexibility index (Phi) is 4.56. The number of rotatable bonds is 3. The number of carbonyl (C=O) groups is 1. The predicted octanol–water partition coefficient (Wildman–Crippen LogP) is 3.79. The van der Waals surface area contributed by atoms with Crippen molar-refractivity contribution in [3.63, 3.8) is 0 Å². The summed E-state index contributed by atoms with van der Waals surface area (Å²) in [6.45, 7) is 5.57. The molecule has 3 heteroatoms. The molecule has 0 radical (unpaired) electrons. The highest BCUT2D eigenvalue weighted by molar-refractivity contribution is 5.94. The minimum atomic E-state index is -0.252. The van der Waals surface area contributed by atoms with Crippen LogP contribution in [0.3, 0.4) is 0 Å². The molecule has 2 rings (SSSR count). The molecular weight excluding hydrogens is 241 g/mol. The van der Waals surface area contributed by atoms with Gasteiger partial charge in [-0.05, 0) is 49.4 Å². The van der Waals surface area contributed by atoms with E-state index in [0.717, 1.165) is 31.8 Å². The third-order valence-electron chi connectivity index (χ3n) is 4.00. The Morgan fingerprint density at radius 3 is 2.63 bits per heavy atom. The predicted molar refractivity (Wildman–Crippen MR) is 74.7 cm³/mol. The molecular formula is C16H22FNO. The van der Waals surface area contributed by atoms with Gasteiger partial charge in [-0.25, -0.2) is 4.39 Å². The van der Waals surface area contributed by atoms with E-state index in [1.807, 2.05) is 4.90 Å². The minimum Gasteiger partial charge on any atom is -0.339 e. The molecule has 1 heterocycles. The summed E-state index contributed by atoms with van der Waals surface area (Å²) in [5.41, 5.74) is 1.14. The average Bonchev–Trinajstić information content (AvgIpc) is 2.42. The van der Waals surface area contributed by atoms with E-state index in [4.69, 9.17) is 0 Å². The first-order valence-electron chi connectivity index (χ1n) is 7.17. The van der Waals surface area contributed by atoms with Crippen molar-refractivity contribution in [3.05, 3.63) is 35.1 Å². The Morgan fingerprint density at radius 2 is 2.05 bits per heavy atom. The Balaban J connectivity index is 1.99. The number of hydrogen-bond donors (Lipinski definition) is 0. The molecule has 0 atom stereocenters. The van der Waals surface area contributed by atoms with Gasteiger partial charge >= 0.3 is 0 Å². The lowest BCUT2D eigenvalue weighted by atomic mass is 9.92. The van der Waals surface area contributed by atoms with Gasteiger partial charge in [-0.2, -0.15) is 0 Å². The summed E-state index contributed by atoms with van der Waals surface area (Å²) >= 11 is 0. The van der Waals surface area contributed by atoms with Gasteiger partial charge in [0.2, 0.25) is 0 Å². The summed E-state index contributed by atoms with van der Waals surface area (Å²) in [5.74, 6) is 0.556. The van der Waals surface area contributed by atoms with Gasteiger partial charge in [0.05, 0.1) is 0 Å². The lowest BCUT2D eigenvalue weighted by molar-refractivity contribution is 0.0686. The quantitative estimate of drug-likeness (QED) is 0.812. The van der Waals surface area contributed by atoms with Gasteiger partial charge in [0.25, 0.3) is 5.91 Å². The van der Waals surface area contributed by atoms with Crippen LogP contribution in [-0.2, 0) is 0 Å². The van der Waals surface area contributed by atoms with Gasteiger partial charge in [-0.15, -0.1) is 0 Å². The molecule has 1 aromatic carbocycles. The topological polar surface area (TPSA) is 20.3 Å². The zero-order valence-electron chi connectivity index (χ0n) is 11.8. The highest BCUT2D eigenvalue weighted by Crippen LogP contribution is 2.23. The Morgan fingerprint density at radius 1 is 1.37 bits per heavy atom. The molecule has 1 aliphatic rings. The zero-order valence-corrected chi connectivity index (χ0v) is 11.8. The smallest absolute Gasteiger partial charge is 0.253 e. The van der Waals surface area contributed by atoms with Crippen molar-refractivity contribution >= 4 is 5.91 Å². The van der Waals surface area contributed by atoms with E-state index >= 15 is 0 Å². The van der Waals surface area contributed by atoms with Gasteiger partial charge in [0.15, 0.2) is 0 Å². The molecule has 1 aliphatic heterocycles. The van der Waals surface area contributed by atoms with Crippen molar-refractivity contribution in [2.24, 2.45) is 5.92 Å². The second-order valence-electron chi connectivity index (χ2n) is 5.49. The first-order chi connectivity index (χ1) is 9.11. The van der Waals surface area contributed by atoms with E-state index in [0.29, 0.717) is 11.1 Å². The van der Waals surface area contributed by atoms with E-state index in [1.165, 1.54) is 18.9 Å². The van der Waals surface area contributed by atoms with E-state index in [-0.39, 0.29) is 11.7 Å². The number of likely N-dealkylation sites (tertiary alicyclic amines) is 1. The number of aryl methyl sites for hydroxylation is 1. The fourth-order valence-corrected chi connectivity index (χ4v) is 2.79. The SMILES string of the molecule is CCCC1CCN(C(=O)c2ccc(F)c(C)c2)CC1. The van der Waals surface area contributed by atoms with Gasteiger partial charge in [-0.1, -0.05) is 19.8 Å². The van der Waals surface area contributed by atoms with Crippen LogP contribution in [0.15, 0.2) is 18.2 Å². The highest BCUT2D eigenvalue weighted by atomic mass is 19.1. The number of halogens is 1. The molecule has 0 spiro atoms. The van der Waals surface area contributed by atoms with Crippen LogP contribution in [0.2, 0.25) is 0 Å². The Labute approximate surface area is 114 Å². The second-order valence-corrected chi connectivity index (χ2v) is 5.49. The second kappa shape index (κ2) is 6.18. The van der Waals surface area contributed by atoms with Crippen LogP contribution in [-0.4, -0.2) is 23.9 Å². The van der Waals surface area contributed by atoms with Crippen LogP contribution in [0.5, 0.6) is 0 Å². The molecule has 1 saturated heterocycles. The maximum absolute atomic E-state index is 13.2.